The second kappa shape index (κ2) is 10.7. The fraction of sp³-hybridized carbons (Fsp3) is 0. The average Bonchev–Trinajstić information content (AvgIpc) is 2.73. The van der Waals surface area contributed by atoms with Gasteiger partial charge in [-0.2, -0.15) is 0 Å². The number of nitrogens with zero attached hydrogens (tertiary/aromatic N) is 1. The number of aliphatic imine (C=N–C) groups is 1. The number of aromatic hydroxyl groups is 1. The van der Waals surface area contributed by atoms with Crippen molar-refractivity contribution in [3.63, 3.8) is 0 Å². The van der Waals surface area contributed by atoms with Crippen molar-refractivity contribution in [2.45, 2.75) is 0 Å². The molecule has 3 aromatic carbocycles. The van der Waals surface area contributed by atoms with E-state index in [-0.39, 0.29) is 11.3 Å². The molecule has 0 saturated heterocycles. The maximum absolute atomic E-state index is 13.7. The summed E-state index contributed by atoms with van der Waals surface area (Å²) in [4.78, 5) is 3.35. The van der Waals surface area contributed by atoms with Gasteiger partial charge in [0.15, 0.2) is 23.3 Å². The van der Waals surface area contributed by atoms with Crippen molar-refractivity contribution in [2.24, 2.45) is 4.99 Å². The molecule has 1 N–H and O–H groups in total. The van der Waals surface area contributed by atoms with Gasteiger partial charge in [-0.15, -0.1) is 0 Å². The summed E-state index contributed by atoms with van der Waals surface area (Å²) >= 11 is -0.556. The molecule has 0 saturated carbocycles. The summed E-state index contributed by atoms with van der Waals surface area (Å²) in [5.41, 5.74) is 0.196. The van der Waals surface area contributed by atoms with Crippen LogP contribution in [-0.4, -0.2) is 11.3 Å². The Kier molecular flexibility index (Phi) is 8.65. The third-order valence-electron chi connectivity index (χ3n) is 3.65. The van der Waals surface area contributed by atoms with E-state index in [0.29, 0.717) is 5.56 Å². The van der Waals surface area contributed by atoms with Crippen molar-refractivity contribution in [2.75, 3.05) is 0 Å². The summed E-state index contributed by atoms with van der Waals surface area (Å²) < 4.78 is 66.8. The van der Waals surface area contributed by atoms with Crippen LogP contribution >= 0.6 is 18.6 Å². The Morgan fingerprint density at radius 2 is 1.28 bits per heavy atom. The summed E-state index contributed by atoms with van der Waals surface area (Å²) in [5.74, 6) is -10.8. The topological polar surface area (TPSA) is 32.6 Å². The first kappa shape index (κ1) is 23.4. The number of rotatable bonds is 3. The molecular formula is C19H10Cl2F5NOTi. The first-order valence-corrected chi connectivity index (χ1v) is 12.0. The number of hydrogen-bond acceptors (Lipinski definition) is 2. The predicted molar refractivity (Wildman–Crippen MR) is 98.7 cm³/mol. The van der Waals surface area contributed by atoms with E-state index >= 15 is 0 Å². The molecule has 0 radical (unpaired) electrons. The molecule has 0 aliphatic carbocycles. The Labute approximate surface area is 179 Å². The number of hydrogen-bond donors (Lipinski definition) is 1. The second-order valence-electron chi connectivity index (χ2n) is 5.39. The minimum atomic E-state index is -2.26. The summed E-state index contributed by atoms with van der Waals surface area (Å²) in [7, 11) is 9.78. The van der Waals surface area contributed by atoms with Gasteiger partial charge in [-0.3, -0.25) is 0 Å². The van der Waals surface area contributed by atoms with E-state index in [1.807, 2.05) is 6.07 Å². The van der Waals surface area contributed by atoms with Crippen LogP contribution in [0.3, 0.4) is 0 Å². The second-order valence-corrected chi connectivity index (χ2v) is 7.97. The average molecular weight is 482 g/mol. The molecule has 150 valence electrons. The zero-order chi connectivity index (χ0) is 21.6. The molecular weight excluding hydrogens is 472 g/mol. The van der Waals surface area contributed by atoms with Gasteiger partial charge in [-0.25, -0.2) is 26.9 Å². The van der Waals surface area contributed by atoms with Crippen LogP contribution in [-0.2, 0) is 17.0 Å². The van der Waals surface area contributed by atoms with E-state index in [1.165, 1.54) is 12.1 Å². The maximum atomic E-state index is 13.7. The summed E-state index contributed by atoms with van der Waals surface area (Å²) in [6.45, 7) is 0. The molecule has 0 unspecified atom stereocenters. The van der Waals surface area contributed by atoms with E-state index in [4.69, 9.17) is 18.6 Å². The van der Waals surface area contributed by atoms with Crippen LogP contribution < -0.4 is 0 Å². The van der Waals surface area contributed by atoms with E-state index in [2.05, 4.69) is 4.99 Å². The Hall–Kier alpha value is -1.93. The van der Waals surface area contributed by atoms with Crippen LogP contribution in [0.5, 0.6) is 5.75 Å². The Balaban J connectivity index is 0.000000941. The molecule has 2 nitrogen and oxygen atoms in total. The van der Waals surface area contributed by atoms with Crippen molar-refractivity contribution in [1.82, 2.24) is 0 Å². The quantitative estimate of drug-likeness (QED) is 0.143. The number of phenolic OH excluding ortho intramolecular Hbond substituents is 1. The predicted octanol–water partition coefficient (Wildman–Crippen LogP) is 6.88. The fourth-order valence-electron chi connectivity index (χ4n) is 2.31. The van der Waals surface area contributed by atoms with Crippen molar-refractivity contribution in [3.05, 3.63) is 83.2 Å². The molecule has 0 heterocycles. The molecule has 0 aromatic heterocycles. The number of phenols is 1. The monoisotopic (exact) mass is 481 g/mol. The van der Waals surface area contributed by atoms with Gasteiger partial charge in [0.2, 0.25) is 5.82 Å². The van der Waals surface area contributed by atoms with Gasteiger partial charge < -0.3 is 5.11 Å². The van der Waals surface area contributed by atoms with Crippen LogP contribution in [0, 0.1) is 29.1 Å². The van der Waals surface area contributed by atoms with Crippen LogP contribution in [0.15, 0.2) is 53.5 Å². The molecule has 0 aliphatic rings. The SMILES string of the molecule is Oc1ccc(-c2ccccc2)cc1C=Nc1c(F)c(F)c(F)c(F)c1F.[Cl][Ti][Cl]. The van der Waals surface area contributed by atoms with Crippen molar-refractivity contribution < 1.29 is 44.1 Å². The van der Waals surface area contributed by atoms with Gasteiger partial charge in [-0.05, 0) is 23.3 Å². The molecule has 0 aliphatic heterocycles. The first-order valence-electron chi connectivity index (χ1n) is 7.72. The van der Waals surface area contributed by atoms with Crippen LogP contribution in [0.4, 0.5) is 27.6 Å². The van der Waals surface area contributed by atoms with Crippen LogP contribution in [0.25, 0.3) is 11.1 Å². The van der Waals surface area contributed by atoms with Gasteiger partial charge in [0.05, 0.1) is 0 Å². The molecule has 3 aromatic rings. The molecule has 10 heteroatoms. The van der Waals surface area contributed by atoms with Crippen molar-refractivity contribution >= 4 is 30.5 Å². The molecule has 0 spiro atoms. The van der Waals surface area contributed by atoms with E-state index in [9.17, 15) is 27.1 Å². The van der Waals surface area contributed by atoms with Gasteiger partial charge in [0.25, 0.3) is 0 Å². The van der Waals surface area contributed by atoms with Crippen LogP contribution in [0.1, 0.15) is 5.56 Å². The number of benzene rings is 3. The third-order valence-corrected chi connectivity index (χ3v) is 3.65. The summed E-state index contributed by atoms with van der Waals surface area (Å²) in [6, 6.07) is 13.4. The van der Waals surface area contributed by atoms with E-state index in [0.717, 1.165) is 11.8 Å². The molecule has 0 amide bonds. The molecule has 0 atom stereocenters. The Bertz CT molecular complexity index is 1010. The van der Waals surface area contributed by atoms with Crippen LogP contribution in [0.2, 0.25) is 0 Å². The first-order chi connectivity index (χ1) is 13.8. The number of halogens is 7. The summed E-state index contributed by atoms with van der Waals surface area (Å²) in [6.07, 6.45) is 0.833. The van der Waals surface area contributed by atoms with Crippen molar-refractivity contribution in [3.8, 4) is 16.9 Å². The van der Waals surface area contributed by atoms with Gasteiger partial charge in [0, 0.05) is 11.8 Å². The summed E-state index contributed by atoms with van der Waals surface area (Å²) in [5, 5.41) is 9.86. The zero-order valence-corrected chi connectivity index (χ0v) is 17.3. The molecule has 3 rings (SSSR count). The zero-order valence-electron chi connectivity index (χ0n) is 14.2. The van der Waals surface area contributed by atoms with Gasteiger partial charge in [-0.1, -0.05) is 36.4 Å². The standard InChI is InChI=1S/C19H10F5NO.2ClH.Ti/c20-14-15(21)17(23)19(18(24)16(14)22)25-9-12-8-11(6-7-13(12)26)10-4-2-1-3-5-10;;;/h1-9,26H;2*1H;/q;;;+2/p-2. The van der Waals surface area contributed by atoms with Gasteiger partial charge >= 0.3 is 35.6 Å². The third kappa shape index (κ3) is 5.57. The Morgan fingerprint density at radius 1 is 0.759 bits per heavy atom. The Morgan fingerprint density at radius 3 is 1.83 bits per heavy atom. The van der Waals surface area contributed by atoms with E-state index in [1.54, 1.807) is 30.3 Å². The van der Waals surface area contributed by atoms with E-state index < -0.39 is 51.8 Å². The molecule has 29 heavy (non-hydrogen) atoms. The molecule has 0 fully saturated rings. The van der Waals surface area contributed by atoms with Gasteiger partial charge in [0.1, 0.15) is 11.4 Å². The normalized spacial score (nSPS) is 10.6. The molecule has 0 bridgehead atoms. The minimum absolute atomic E-state index is 0.0512. The van der Waals surface area contributed by atoms with Crippen molar-refractivity contribution in [1.29, 1.82) is 0 Å². The fourth-order valence-corrected chi connectivity index (χ4v) is 2.31.